The topological polar surface area (TPSA) is 44.8 Å². The Labute approximate surface area is 179 Å². The summed E-state index contributed by atoms with van der Waals surface area (Å²) in [6.07, 6.45) is 10.2. The third kappa shape index (κ3) is 12.3. The summed E-state index contributed by atoms with van der Waals surface area (Å²) < 4.78 is 24.2. The van der Waals surface area contributed by atoms with Crippen molar-refractivity contribution in [2.75, 3.05) is 6.61 Å². The molecule has 0 saturated heterocycles. The van der Waals surface area contributed by atoms with Crippen LogP contribution in [-0.4, -0.2) is 51.0 Å². The average Bonchev–Trinajstić information content (AvgIpc) is 2.65. The SMILES string of the molecule is CCC[CH2][Sn]([CH2]CCC)([O]CCC)[O][Sn]([CH2]CCC)([CH2]CCC)[O]C(C)=O. The molecule has 0 unspecified atom stereocenters. The fraction of sp³-hybridized carbons (Fsp3) is 0.952. The summed E-state index contributed by atoms with van der Waals surface area (Å²) in [5.74, 6) is -0.139. The first-order chi connectivity index (χ1) is 12.9. The summed E-state index contributed by atoms with van der Waals surface area (Å²) in [6.45, 7) is 13.4. The first-order valence-corrected chi connectivity index (χ1v) is 24.2. The van der Waals surface area contributed by atoms with Crippen molar-refractivity contribution < 1.29 is 12.4 Å². The van der Waals surface area contributed by atoms with Crippen LogP contribution in [0, 0.1) is 0 Å². The fourth-order valence-electron chi connectivity index (χ4n) is 3.42. The average molecular weight is 600 g/mol. The van der Waals surface area contributed by atoms with Crippen molar-refractivity contribution in [1.82, 2.24) is 0 Å². The minimum absolute atomic E-state index is 0.139. The predicted molar refractivity (Wildman–Crippen MR) is 119 cm³/mol. The van der Waals surface area contributed by atoms with Crippen molar-refractivity contribution in [3.05, 3.63) is 0 Å². The molecule has 0 amide bonds. The molecule has 6 heteroatoms. The van der Waals surface area contributed by atoms with Gasteiger partial charge in [0.2, 0.25) is 0 Å². The van der Waals surface area contributed by atoms with Crippen LogP contribution in [0.2, 0.25) is 17.7 Å². The molecule has 0 rings (SSSR count). The van der Waals surface area contributed by atoms with Crippen LogP contribution in [0.1, 0.15) is 99.3 Å². The molecular weight excluding hydrogens is 554 g/mol. The Hall–Kier alpha value is 0.987. The van der Waals surface area contributed by atoms with Crippen LogP contribution >= 0.6 is 0 Å². The molecule has 0 aliphatic rings. The van der Waals surface area contributed by atoms with E-state index < -0.39 is 38.4 Å². The molecule has 0 N–H and O–H groups in total. The van der Waals surface area contributed by atoms with Crippen molar-refractivity contribution in [2.24, 2.45) is 0 Å². The Bertz CT molecular complexity index is 347. The first-order valence-electron chi connectivity index (χ1n) is 11.5. The van der Waals surface area contributed by atoms with Crippen molar-refractivity contribution in [3.63, 3.8) is 0 Å². The van der Waals surface area contributed by atoms with Gasteiger partial charge in [-0.15, -0.1) is 0 Å². The van der Waals surface area contributed by atoms with Crippen LogP contribution in [0.15, 0.2) is 0 Å². The van der Waals surface area contributed by atoms with Crippen LogP contribution in [-0.2, 0) is 12.4 Å². The van der Waals surface area contributed by atoms with Gasteiger partial charge in [-0.05, 0) is 0 Å². The molecule has 0 aromatic carbocycles. The van der Waals surface area contributed by atoms with Crippen LogP contribution in [0.25, 0.3) is 0 Å². The normalized spacial score (nSPS) is 12.4. The molecule has 0 aliphatic carbocycles. The van der Waals surface area contributed by atoms with Gasteiger partial charge in [0.15, 0.2) is 0 Å². The monoisotopic (exact) mass is 602 g/mol. The van der Waals surface area contributed by atoms with Crippen LogP contribution in [0.4, 0.5) is 0 Å². The zero-order valence-electron chi connectivity index (χ0n) is 19.0. The van der Waals surface area contributed by atoms with E-state index in [4.69, 9.17) is 7.56 Å². The van der Waals surface area contributed by atoms with Crippen molar-refractivity contribution >= 4 is 44.4 Å². The summed E-state index contributed by atoms with van der Waals surface area (Å²) >= 11 is -6.74. The second kappa shape index (κ2) is 16.7. The van der Waals surface area contributed by atoms with Crippen molar-refractivity contribution in [2.45, 2.75) is 117 Å². The zero-order chi connectivity index (χ0) is 20.6. The Kier molecular flexibility index (Phi) is 17.4. The van der Waals surface area contributed by atoms with E-state index in [0.717, 1.165) is 56.5 Å². The molecule has 0 atom stereocenters. The van der Waals surface area contributed by atoms with Crippen LogP contribution in [0.3, 0.4) is 0 Å². The molecule has 4 nitrogen and oxygen atoms in total. The number of unbranched alkanes of at least 4 members (excludes halogenated alkanes) is 4. The third-order valence-corrected chi connectivity index (χ3v) is 38.0. The van der Waals surface area contributed by atoms with Crippen molar-refractivity contribution in [1.29, 1.82) is 0 Å². The molecule has 0 aliphatic heterocycles. The van der Waals surface area contributed by atoms with Gasteiger partial charge >= 0.3 is 180 Å². The van der Waals surface area contributed by atoms with Gasteiger partial charge in [0.25, 0.3) is 0 Å². The van der Waals surface area contributed by atoms with E-state index in [1.54, 1.807) is 6.92 Å². The molecule has 162 valence electrons. The van der Waals surface area contributed by atoms with Gasteiger partial charge in [0.1, 0.15) is 0 Å². The van der Waals surface area contributed by atoms with Gasteiger partial charge in [-0.25, -0.2) is 0 Å². The molecule has 27 heavy (non-hydrogen) atoms. The summed E-state index contributed by atoms with van der Waals surface area (Å²) in [5, 5.41) is 0. The number of hydrogen-bond acceptors (Lipinski definition) is 4. The van der Waals surface area contributed by atoms with E-state index in [2.05, 4.69) is 34.6 Å². The van der Waals surface area contributed by atoms with E-state index in [1.165, 1.54) is 25.7 Å². The van der Waals surface area contributed by atoms with Crippen LogP contribution < -0.4 is 0 Å². The number of carbonyl (C=O) groups is 1. The Morgan fingerprint density at radius 1 is 0.667 bits per heavy atom. The van der Waals surface area contributed by atoms with E-state index in [0.29, 0.717) is 0 Å². The van der Waals surface area contributed by atoms with Gasteiger partial charge in [0.05, 0.1) is 0 Å². The predicted octanol–water partition coefficient (Wildman–Crippen LogP) is 7.08. The van der Waals surface area contributed by atoms with Crippen molar-refractivity contribution in [3.8, 4) is 0 Å². The number of carbonyl (C=O) groups excluding carboxylic acids is 1. The summed E-state index contributed by atoms with van der Waals surface area (Å²) in [4.78, 5) is 12.0. The molecule has 0 aromatic heterocycles. The Balaban J connectivity index is 5.77. The molecule has 0 radical (unpaired) electrons. The molecule has 0 spiro atoms. The molecule has 0 fully saturated rings. The van der Waals surface area contributed by atoms with E-state index in [9.17, 15) is 4.79 Å². The van der Waals surface area contributed by atoms with Gasteiger partial charge in [-0.1, -0.05) is 0 Å². The second-order valence-electron chi connectivity index (χ2n) is 7.78. The number of hydrogen-bond donors (Lipinski definition) is 0. The van der Waals surface area contributed by atoms with E-state index in [-0.39, 0.29) is 5.97 Å². The molecule has 0 saturated carbocycles. The molecular formula is C21H46O4Sn2. The van der Waals surface area contributed by atoms with Gasteiger partial charge in [-0.3, -0.25) is 0 Å². The third-order valence-electron chi connectivity index (χ3n) is 4.92. The summed E-state index contributed by atoms with van der Waals surface area (Å²) in [7, 11) is 0. The number of rotatable bonds is 18. The standard InChI is InChI=1S/4C4H9.C3H7O.C2H4O2.O.2Sn/c4*1-3-4-2;1-2-3-4;1-2(3)4;;;/h4*1,3-4H2,2H3;2-3H2,1H3;1H3,(H,3,4);;;/q;;;;-1;;;2*+1/p-1. The van der Waals surface area contributed by atoms with Crippen LogP contribution in [0.5, 0.6) is 0 Å². The zero-order valence-corrected chi connectivity index (χ0v) is 24.7. The fourth-order valence-corrected chi connectivity index (χ4v) is 45.7. The van der Waals surface area contributed by atoms with Gasteiger partial charge < -0.3 is 0 Å². The maximum atomic E-state index is 12.0. The van der Waals surface area contributed by atoms with E-state index in [1.807, 2.05) is 0 Å². The quantitative estimate of drug-likeness (QED) is 0.158. The van der Waals surface area contributed by atoms with E-state index >= 15 is 0 Å². The maximum absolute atomic E-state index is 12.0. The summed E-state index contributed by atoms with van der Waals surface area (Å²) in [5.41, 5.74) is 0. The second-order valence-corrected chi connectivity index (χ2v) is 29.8. The molecule has 0 heterocycles. The minimum atomic E-state index is -3.48. The first kappa shape index (κ1) is 28.0. The summed E-state index contributed by atoms with van der Waals surface area (Å²) in [6, 6.07) is 0. The molecule has 0 bridgehead atoms. The van der Waals surface area contributed by atoms with Gasteiger partial charge in [0, 0.05) is 0 Å². The van der Waals surface area contributed by atoms with Gasteiger partial charge in [-0.2, -0.15) is 0 Å². The Morgan fingerprint density at radius 2 is 1.07 bits per heavy atom. The molecule has 0 aromatic rings. The Morgan fingerprint density at radius 3 is 1.41 bits per heavy atom.